The Morgan fingerprint density at radius 2 is 1.95 bits per heavy atom. The molecule has 3 N–H and O–H groups in total. The third-order valence-electron chi connectivity index (χ3n) is 3.76. The van der Waals surface area contributed by atoms with Gasteiger partial charge in [-0.25, -0.2) is 0 Å². The number of halogens is 1. The molecule has 0 saturated heterocycles. The van der Waals surface area contributed by atoms with Gasteiger partial charge in [-0.3, -0.25) is 9.69 Å². The first-order valence-corrected chi connectivity index (χ1v) is 7.68. The monoisotopic (exact) mass is 311 g/mol. The summed E-state index contributed by atoms with van der Waals surface area (Å²) in [5, 5.41) is 3.37. The molecule has 0 saturated carbocycles. The summed E-state index contributed by atoms with van der Waals surface area (Å²) >= 11 is 5.87. The molecule has 0 aliphatic heterocycles. The van der Waals surface area contributed by atoms with Gasteiger partial charge in [-0.2, -0.15) is 0 Å². The number of carbonyl (C=O) groups is 1. The lowest BCUT2D eigenvalue weighted by Gasteiger charge is -2.31. The summed E-state index contributed by atoms with van der Waals surface area (Å²) in [6.45, 7) is 8.42. The van der Waals surface area contributed by atoms with Crippen LogP contribution in [0.4, 0.5) is 11.4 Å². The van der Waals surface area contributed by atoms with Gasteiger partial charge in [0, 0.05) is 11.7 Å². The molecule has 118 valence electrons. The molecule has 1 rings (SSSR count). The maximum Gasteiger partial charge on any atom is 0.241 e. The zero-order valence-corrected chi connectivity index (χ0v) is 14.2. The second-order valence-corrected chi connectivity index (χ2v) is 6.45. The number of carbonyl (C=O) groups excluding carboxylic acids is 1. The highest BCUT2D eigenvalue weighted by Crippen LogP contribution is 2.22. The van der Waals surface area contributed by atoms with Crippen LogP contribution in [0.2, 0.25) is 5.02 Å². The molecule has 2 atom stereocenters. The van der Waals surface area contributed by atoms with E-state index in [0.717, 1.165) is 6.42 Å². The Morgan fingerprint density at radius 3 is 2.48 bits per heavy atom. The largest absolute Gasteiger partial charge is 0.397 e. The van der Waals surface area contributed by atoms with Crippen LogP contribution in [-0.2, 0) is 4.79 Å². The van der Waals surface area contributed by atoms with Gasteiger partial charge in [-0.1, -0.05) is 25.4 Å². The molecule has 2 unspecified atom stereocenters. The molecular weight excluding hydrogens is 286 g/mol. The molecule has 0 bridgehead atoms. The minimum atomic E-state index is -0.212. The van der Waals surface area contributed by atoms with E-state index in [9.17, 15) is 4.79 Å². The summed E-state index contributed by atoms with van der Waals surface area (Å²) < 4.78 is 0. The summed E-state index contributed by atoms with van der Waals surface area (Å²) in [6.07, 6.45) is 1.06. The van der Waals surface area contributed by atoms with Gasteiger partial charge < -0.3 is 11.1 Å². The smallest absolute Gasteiger partial charge is 0.241 e. The summed E-state index contributed by atoms with van der Waals surface area (Å²) in [5.41, 5.74) is 6.87. The van der Waals surface area contributed by atoms with Crippen molar-refractivity contribution in [3.8, 4) is 0 Å². The minimum Gasteiger partial charge on any atom is -0.397 e. The Bertz CT molecular complexity index is 490. The molecule has 4 nitrogen and oxygen atoms in total. The standard InChI is InChI=1S/C16H26ClN3O/c1-10(2)8-11(3)20(5)12(4)16(21)19-13-6-7-14(17)15(18)9-13/h6-7,9-12H,8,18H2,1-5H3,(H,19,21). The average molecular weight is 312 g/mol. The Labute approximate surface area is 132 Å². The molecule has 21 heavy (non-hydrogen) atoms. The maximum atomic E-state index is 12.3. The number of amides is 1. The maximum absolute atomic E-state index is 12.3. The Balaban J connectivity index is 2.67. The molecular formula is C16H26ClN3O. The molecule has 0 aromatic heterocycles. The Kier molecular flexibility index (Phi) is 6.49. The van der Waals surface area contributed by atoms with Crippen LogP contribution in [-0.4, -0.2) is 29.9 Å². The molecule has 0 fully saturated rings. The predicted molar refractivity (Wildman–Crippen MR) is 90.6 cm³/mol. The van der Waals surface area contributed by atoms with E-state index in [1.165, 1.54) is 0 Å². The van der Waals surface area contributed by atoms with Gasteiger partial charge in [0.15, 0.2) is 0 Å². The number of hydrogen-bond donors (Lipinski definition) is 2. The molecule has 0 spiro atoms. The summed E-state index contributed by atoms with van der Waals surface area (Å²) in [7, 11) is 1.98. The van der Waals surface area contributed by atoms with Gasteiger partial charge in [0.25, 0.3) is 0 Å². The number of nitrogens with one attached hydrogen (secondary N) is 1. The normalized spacial score (nSPS) is 14.3. The van der Waals surface area contributed by atoms with Crippen LogP contribution in [0.5, 0.6) is 0 Å². The van der Waals surface area contributed by atoms with E-state index in [0.29, 0.717) is 28.4 Å². The fourth-order valence-electron chi connectivity index (χ4n) is 2.28. The van der Waals surface area contributed by atoms with Crippen molar-refractivity contribution >= 4 is 28.9 Å². The second-order valence-electron chi connectivity index (χ2n) is 6.05. The number of anilines is 2. The van der Waals surface area contributed by atoms with Gasteiger partial charge in [-0.05, 0) is 51.4 Å². The van der Waals surface area contributed by atoms with Crippen LogP contribution in [0.25, 0.3) is 0 Å². The summed E-state index contributed by atoms with van der Waals surface area (Å²) in [5.74, 6) is 0.559. The van der Waals surface area contributed by atoms with E-state index < -0.39 is 0 Å². The third-order valence-corrected chi connectivity index (χ3v) is 4.11. The van der Waals surface area contributed by atoms with Gasteiger partial charge in [-0.15, -0.1) is 0 Å². The number of benzene rings is 1. The fraction of sp³-hybridized carbons (Fsp3) is 0.562. The van der Waals surface area contributed by atoms with E-state index >= 15 is 0 Å². The van der Waals surface area contributed by atoms with E-state index in [4.69, 9.17) is 17.3 Å². The number of rotatable bonds is 6. The van der Waals surface area contributed by atoms with Gasteiger partial charge in [0.05, 0.1) is 16.8 Å². The third kappa shape index (κ3) is 5.21. The first-order valence-electron chi connectivity index (χ1n) is 7.30. The minimum absolute atomic E-state index is 0.0465. The molecule has 0 heterocycles. The van der Waals surface area contributed by atoms with Crippen LogP contribution in [0.15, 0.2) is 18.2 Å². The molecule has 1 aromatic carbocycles. The second kappa shape index (κ2) is 7.66. The fourth-order valence-corrected chi connectivity index (χ4v) is 2.40. The highest BCUT2D eigenvalue weighted by molar-refractivity contribution is 6.33. The zero-order chi connectivity index (χ0) is 16.2. The SMILES string of the molecule is CC(C)CC(C)N(C)C(C)C(=O)Nc1ccc(Cl)c(N)c1. The Hall–Kier alpha value is -1.26. The lowest BCUT2D eigenvalue weighted by molar-refractivity contribution is -0.121. The topological polar surface area (TPSA) is 58.4 Å². The van der Waals surface area contributed by atoms with Crippen molar-refractivity contribution in [2.75, 3.05) is 18.1 Å². The lowest BCUT2D eigenvalue weighted by atomic mass is 10.0. The number of hydrogen-bond acceptors (Lipinski definition) is 3. The predicted octanol–water partition coefficient (Wildman–Crippen LogP) is 3.62. The number of nitrogen functional groups attached to an aromatic ring is 1. The zero-order valence-electron chi connectivity index (χ0n) is 13.5. The molecule has 0 aliphatic rings. The van der Waals surface area contributed by atoms with Crippen molar-refractivity contribution < 1.29 is 4.79 Å². The van der Waals surface area contributed by atoms with Crippen LogP contribution < -0.4 is 11.1 Å². The van der Waals surface area contributed by atoms with Gasteiger partial charge >= 0.3 is 0 Å². The van der Waals surface area contributed by atoms with Crippen molar-refractivity contribution in [3.05, 3.63) is 23.2 Å². The van der Waals surface area contributed by atoms with Crippen LogP contribution in [0, 0.1) is 5.92 Å². The quantitative estimate of drug-likeness (QED) is 0.789. The van der Waals surface area contributed by atoms with Gasteiger partial charge in [0.1, 0.15) is 0 Å². The van der Waals surface area contributed by atoms with Crippen molar-refractivity contribution in [2.24, 2.45) is 5.92 Å². The van der Waals surface area contributed by atoms with Crippen molar-refractivity contribution in [3.63, 3.8) is 0 Å². The van der Waals surface area contributed by atoms with Crippen molar-refractivity contribution in [2.45, 2.75) is 46.2 Å². The van der Waals surface area contributed by atoms with E-state index in [1.807, 2.05) is 14.0 Å². The van der Waals surface area contributed by atoms with E-state index in [2.05, 4.69) is 31.0 Å². The van der Waals surface area contributed by atoms with Crippen molar-refractivity contribution in [1.29, 1.82) is 0 Å². The number of nitrogens with two attached hydrogens (primary N) is 1. The molecule has 0 aliphatic carbocycles. The lowest BCUT2D eigenvalue weighted by Crippen LogP contribution is -2.44. The highest BCUT2D eigenvalue weighted by atomic mass is 35.5. The summed E-state index contributed by atoms with van der Waals surface area (Å²) in [4.78, 5) is 14.4. The van der Waals surface area contributed by atoms with Crippen molar-refractivity contribution in [1.82, 2.24) is 4.90 Å². The molecule has 5 heteroatoms. The van der Waals surface area contributed by atoms with Crippen LogP contribution in [0.1, 0.15) is 34.1 Å². The number of nitrogens with zero attached hydrogens (tertiary/aromatic N) is 1. The molecule has 0 radical (unpaired) electrons. The Morgan fingerprint density at radius 1 is 1.33 bits per heavy atom. The number of likely N-dealkylation sites (N-methyl/N-ethyl adjacent to an activating group) is 1. The van der Waals surface area contributed by atoms with Crippen LogP contribution >= 0.6 is 11.6 Å². The van der Waals surface area contributed by atoms with Crippen LogP contribution in [0.3, 0.4) is 0 Å². The van der Waals surface area contributed by atoms with Gasteiger partial charge in [0.2, 0.25) is 5.91 Å². The first-order chi connectivity index (χ1) is 9.72. The van der Waals surface area contributed by atoms with E-state index in [1.54, 1.807) is 18.2 Å². The average Bonchev–Trinajstić information content (AvgIpc) is 2.40. The highest BCUT2D eigenvalue weighted by Gasteiger charge is 2.22. The molecule has 1 amide bonds. The first kappa shape index (κ1) is 17.8. The van der Waals surface area contributed by atoms with E-state index in [-0.39, 0.29) is 11.9 Å². The molecule has 1 aromatic rings. The summed E-state index contributed by atoms with van der Waals surface area (Å²) in [6, 6.07) is 5.24.